The summed E-state index contributed by atoms with van der Waals surface area (Å²) in [4.78, 5) is 8.19. The van der Waals surface area contributed by atoms with Crippen LogP contribution in [-0.4, -0.2) is 17.1 Å². The molecule has 0 bridgehead atoms. The highest BCUT2D eigenvalue weighted by molar-refractivity contribution is 9.10. The second-order valence-corrected chi connectivity index (χ2v) is 7.11. The van der Waals surface area contributed by atoms with Gasteiger partial charge >= 0.3 is 0 Å². The Kier molecular flexibility index (Phi) is 5.21. The highest BCUT2D eigenvalue weighted by atomic mass is 79.9. The molecule has 1 heterocycles. The molecule has 3 aromatic rings. The van der Waals surface area contributed by atoms with Gasteiger partial charge in [-0.25, -0.2) is 4.98 Å². The summed E-state index contributed by atoms with van der Waals surface area (Å²) in [6.07, 6.45) is 0. The summed E-state index contributed by atoms with van der Waals surface area (Å²) in [7, 11) is 1.70. The molecule has 5 heteroatoms. The molecule has 24 heavy (non-hydrogen) atoms. The highest BCUT2D eigenvalue weighted by Gasteiger charge is 2.19. The zero-order valence-electron chi connectivity index (χ0n) is 14.1. The standard InChI is InChI=1S/C19H22BrN3O/c1-12(2)18(19-22-15-6-4-5-7-16(15)23-19)21-11-13-10-14(20)8-9-17(13)24-3/h4-10,12,18,21H,11H2,1-3H3,(H,22,23)/t18-/m0/s1. The number of benzene rings is 2. The van der Waals surface area contributed by atoms with Crippen LogP contribution in [0.5, 0.6) is 5.75 Å². The maximum absolute atomic E-state index is 5.46. The summed E-state index contributed by atoms with van der Waals surface area (Å²) in [5, 5.41) is 3.62. The van der Waals surface area contributed by atoms with Gasteiger partial charge in [0.25, 0.3) is 0 Å². The Morgan fingerprint density at radius 3 is 2.71 bits per heavy atom. The smallest absolute Gasteiger partial charge is 0.124 e. The lowest BCUT2D eigenvalue weighted by molar-refractivity contribution is 0.381. The van der Waals surface area contributed by atoms with Crippen molar-refractivity contribution in [3.05, 3.63) is 58.3 Å². The van der Waals surface area contributed by atoms with Crippen LogP contribution in [0.2, 0.25) is 0 Å². The zero-order valence-corrected chi connectivity index (χ0v) is 15.7. The third kappa shape index (κ3) is 3.62. The molecule has 1 atom stereocenters. The maximum Gasteiger partial charge on any atom is 0.124 e. The first-order valence-electron chi connectivity index (χ1n) is 8.09. The Balaban J connectivity index is 1.83. The summed E-state index contributed by atoms with van der Waals surface area (Å²) in [5.41, 5.74) is 3.19. The normalized spacial score (nSPS) is 12.7. The molecule has 0 amide bonds. The van der Waals surface area contributed by atoms with Crippen molar-refractivity contribution < 1.29 is 4.74 Å². The summed E-state index contributed by atoms with van der Waals surface area (Å²) in [6, 6.07) is 14.3. The van der Waals surface area contributed by atoms with Gasteiger partial charge in [0.2, 0.25) is 0 Å². The van der Waals surface area contributed by atoms with Crippen molar-refractivity contribution in [1.82, 2.24) is 15.3 Å². The number of nitrogens with one attached hydrogen (secondary N) is 2. The molecule has 0 aliphatic carbocycles. The summed E-state index contributed by atoms with van der Waals surface area (Å²) in [5.74, 6) is 2.27. The highest BCUT2D eigenvalue weighted by Crippen LogP contribution is 2.26. The fourth-order valence-corrected chi connectivity index (χ4v) is 3.28. The van der Waals surface area contributed by atoms with Gasteiger partial charge in [-0.3, -0.25) is 0 Å². The number of ether oxygens (including phenoxy) is 1. The van der Waals surface area contributed by atoms with Crippen LogP contribution in [0, 0.1) is 5.92 Å². The van der Waals surface area contributed by atoms with Crippen molar-refractivity contribution in [2.75, 3.05) is 7.11 Å². The number of fused-ring (bicyclic) bond motifs is 1. The third-order valence-corrected chi connectivity index (χ3v) is 4.62. The van der Waals surface area contributed by atoms with Crippen LogP contribution in [0.3, 0.4) is 0 Å². The van der Waals surface area contributed by atoms with E-state index in [2.05, 4.69) is 52.2 Å². The van der Waals surface area contributed by atoms with E-state index >= 15 is 0 Å². The number of halogens is 1. The molecule has 0 spiro atoms. The molecule has 0 fully saturated rings. The number of hydrogen-bond donors (Lipinski definition) is 2. The van der Waals surface area contributed by atoms with Gasteiger partial charge in [0.15, 0.2) is 0 Å². The van der Waals surface area contributed by atoms with Gasteiger partial charge in [-0.15, -0.1) is 0 Å². The number of aromatic amines is 1. The molecule has 2 N–H and O–H groups in total. The first kappa shape index (κ1) is 17.0. The van der Waals surface area contributed by atoms with Gasteiger partial charge in [0.05, 0.1) is 24.2 Å². The van der Waals surface area contributed by atoms with E-state index in [0.717, 1.165) is 32.6 Å². The van der Waals surface area contributed by atoms with Crippen LogP contribution >= 0.6 is 15.9 Å². The van der Waals surface area contributed by atoms with Crippen molar-refractivity contribution >= 4 is 27.0 Å². The molecule has 0 unspecified atom stereocenters. The number of hydrogen-bond acceptors (Lipinski definition) is 3. The lowest BCUT2D eigenvalue weighted by Crippen LogP contribution is -2.26. The van der Waals surface area contributed by atoms with E-state index in [4.69, 9.17) is 9.72 Å². The average Bonchev–Trinajstić information content (AvgIpc) is 2.98. The minimum Gasteiger partial charge on any atom is -0.496 e. The van der Waals surface area contributed by atoms with Gasteiger partial charge in [0, 0.05) is 16.6 Å². The Labute approximate surface area is 150 Å². The Morgan fingerprint density at radius 2 is 2.00 bits per heavy atom. The van der Waals surface area contributed by atoms with Crippen molar-refractivity contribution in [2.45, 2.75) is 26.4 Å². The lowest BCUT2D eigenvalue weighted by Gasteiger charge is -2.21. The summed E-state index contributed by atoms with van der Waals surface area (Å²) >= 11 is 3.53. The number of rotatable bonds is 6. The van der Waals surface area contributed by atoms with E-state index in [0.29, 0.717) is 12.5 Å². The van der Waals surface area contributed by atoms with Crippen LogP contribution in [-0.2, 0) is 6.54 Å². The van der Waals surface area contributed by atoms with Crippen molar-refractivity contribution in [3.8, 4) is 5.75 Å². The molecule has 0 saturated carbocycles. The van der Waals surface area contributed by atoms with Gasteiger partial charge in [-0.05, 0) is 36.2 Å². The van der Waals surface area contributed by atoms with Gasteiger partial charge in [0.1, 0.15) is 11.6 Å². The maximum atomic E-state index is 5.46. The number of nitrogens with zero attached hydrogens (tertiary/aromatic N) is 1. The fraction of sp³-hybridized carbons (Fsp3) is 0.316. The van der Waals surface area contributed by atoms with E-state index < -0.39 is 0 Å². The fourth-order valence-electron chi connectivity index (χ4n) is 2.87. The van der Waals surface area contributed by atoms with Crippen molar-refractivity contribution in [2.24, 2.45) is 5.92 Å². The molecular weight excluding hydrogens is 366 g/mol. The minimum atomic E-state index is 0.140. The molecule has 1 aromatic heterocycles. The number of imidazole rings is 1. The van der Waals surface area contributed by atoms with Gasteiger partial charge < -0.3 is 15.0 Å². The number of aromatic nitrogens is 2. The van der Waals surface area contributed by atoms with Crippen molar-refractivity contribution in [1.29, 1.82) is 0 Å². The first-order chi connectivity index (χ1) is 11.6. The molecule has 4 nitrogen and oxygen atoms in total. The van der Waals surface area contributed by atoms with Crippen LogP contribution in [0.1, 0.15) is 31.3 Å². The Bertz CT molecular complexity index is 795. The molecular formula is C19H22BrN3O. The topological polar surface area (TPSA) is 49.9 Å². The predicted octanol–water partition coefficient (Wildman–Crippen LogP) is 4.82. The van der Waals surface area contributed by atoms with Gasteiger partial charge in [-0.2, -0.15) is 0 Å². The number of para-hydroxylation sites is 2. The van der Waals surface area contributed by atoms with Crippen LogP contribution in [0.4, 0.5) is 0 Å². The summed E-state index contributed by atoms with van der Waals surface area (Å²) in [6.45, 7) is 5.11. The molecule has 2 aromatic carbocycles. The lowest BCUT2D eigenvalue weighted by atomic mass is 10.0. The molecule has 0 aliphatic heterocycles. The largest absolute Gasteiger partial charge is 0.496 e. The van der Waals surface area contributed by atoms with E-state index in [9.17, 15) is 0 Å². The van der Waals surface area contributed by atoms with E-state index in [1.54, 1.807) is 7.11 Å². The minimum absolute atomic E-state index is 0.140. The number of methoxy groups -OCH3 is 1. The monoisotopic (exact) mass is 387 g/mol. The molecule has 126 valence electrons. The molecule has 0 aliphatic rings. The third-order valence-electron chi connectivity index (χ3n) is 4.12. The van der Waals surface area contributed by atoms with Crippen LogP contribution in [0.15, 0.2) is 46.9 Å². The molecule has 0 radical (unpaired) electrons. The van der Waals surface area contributed by atoms with Crippen molar-refractivity contribution in [3.63, 3.8) is 0 Å². The van der Waals surface area contributed by atoms with E-state index in [1.807, 2.05) is 30.3 Å². The molecule has 3 rings (SSSR count). The van der Waals surface area contributed by atoms with E-state index in [-0.39, 0.29) is 6.04 Å². The second kappa shape index (κ2) is 7.36. The summed E-state index contributed by atoms with van der Waals surface area (Å²) < 4.78 is 6.51. The predicted molar refractivity (Wildman–Crippen MR) is 101 cm³/mol. The average molecular weight is 388 g/mol. The first-order valence-corrected chi connectivity index (χ1v) is 8.88. The second-order valence-electron chi connectivity index (χ2n) is 6.20. The van der Waals surface area contributed by atoms with Crippen LogP contribution < -0.4 is 10.1 Å². The quantitative estimate of drug-likeness (QED) is 0.637. The number of H-pyrrole nitrogens is 1. The van der Waals surface area contributed by atoms with Gasteiger partial charge in [-0.1, -0.05) is 41.9 Å². The Hall–Kier alpha value is -1.85. The SMILES string of the molecule is COc1ccc(Br)cc1CN[C@H](c1nc2ccccc2[nH]1)C(C)C. The Morgan fingerprint density at radius 1 is 1.21 bits per heavy atom. The van der Waals surface area contributed by atoms with Crippen LogP contribution in [0.25, 0.3) is 11.0 Å². The molecule has 0 saturated heterocycles. The van der Waals surface area contributed by atoms with E-state index in [1.165, 1.54) is 0 Å². The zero-order chi connectivity index (χ0) is 17.1.